The molecule has 0 saturated heterocycles. The summed E-state index contributed by atoms with van der Waals surface area (Å²) < 4.78 is 5.29. The average Bonchev–Trinajstić information content (AvgIpc) is 2.22. The van der Waals surface area contributed by atoms with E-state index in [1.54, 1.807) is 0 Å². The summed E-state index contributed by atoms with van der Waals surface area (Å²) in [5, 5.41) is 0. The van der Waals surface area contributed by atoms with Crippen molar-refractivity contribution in [2.75, 3.05) is 0 Å². The number of rotatable bonds is 8. The van der Waals surface area contributed by atoms with Gasteiger partial charge in [-0.1, -0.05) is 40.0 Å². The summed E-state index contributed by atoms with van der Waals surface area (Å²) in [6, 6.07) is 0. The fourth-order valence-electron chi connectivity index (χ4n) is 1.41. The number of hydrogen-bond acceptors (Lipinski definition) is 2. The van der Waals surface area contributed by atoms with Crippen molar-refractivity contribution in [3.05, 3.63) is 0 Å². The van der Waals surface area contributed by atoms with E-state index in [2.05, 4.69) is 13.8 Å². The SMILES string of the molecule is CCCCCCC(CC)OC(=O)CC. The molecule has 2 heteroatoms. The molecule has 0 aromatic rings. The molecule has 0 radical (unpaired) electrons. The van der Waals surface area contributed by atoms with Crippen LogP contribution in [0.3, 0.4) is 0 Å². The molecule has 1 unspecified atom stereocenters. The molecule has 0 saturated carbocycles. The lowest BCUT2D eigenvalue weighted by Gasteiger charge is -2.15. The molecule has 1 atom stereocenters. The molecule has 0 aliphatic rings. The molecule has 14 heavy (non-hydrogen) atoms. The summed E-state index contributed by atoms with van der Waals surface area (Å²) in [5.74, 6) is -0.0626. The third-order valence-electron chi connectivity index (χ3n) is 2.42. The highest BCUT2D eigenvalue weighted by Gasteiger charge is 2.10. The summed E-state index contributed by atoms with van der Waals surface area (Å²) in [4.78, 5) is 11.0. The van der Waals surface area contributed by atoms with Crippen LogP contribution in [0.5, 0.6) is 0 Å². The van der Waals surface area contributed by atoms with Gasteiger partial charge in [0.25, 0.3) is 0 Å². The van der Waals surface area contributed by atoms with Crippen molar-refractivity contribution in [3.63, 3.8) is 0 Å². The predicted molar refractivity (Wildman–Crippen MR) is 59.2 cm³/mol. The molecule has 0 rings (SSSR count). The lowest BCUT2D eigenvalue weighted by molar-refractivity contribution is -0.149. The van der Waals surface area contributed by atoms with Crippen LogP contribution in [0.4, 0.5) is 0 Å². The van der Waals surface area contributed by atoms with E-state index in [-0.39, 0.29) is 12.1 Å². The van der Waals surface area contributed by atoms with Crippen LogP contribution in [-0.2, 0) is 9.53 Å². The molecule has 0 aromatic heterocycles. The number of carbonyl (C=O) groups is 1. The number of hydrogen-bond donors (Lipinski definition) is 0. The maximum absolute atomic E-state index is 11.0. The second-order valence-electron chi connectivity index (χ2n) is 3.72. The van der Waals surface area contributed by atoms with Gasteiger partial charge in [0.1, 0.15) is 6.10 Å². The first-order chi connectivity index (χ1) is 6.74. The zero-order valence-corrected chi connectivity index (χ0v) is 9.84. The Hall–Kier alpha value is -0.530. The van der Waals surface area contributed by atoms with Crippen molar-refractivity contribution >= 4 is 5.97 Å². The number of unbranched alkanes of at least 4 members (excludes halogenated alkanes) is 3. The van der Waals surface area contributed by atoms with Crippen LogP contribution in [-0.4, -0.2) is 12.1 Å². The molecule has 0 N–H and O–H groups in total. The molecule has 0 bridgehead atoms. The number of ether oxygens (including phenoxy) is 1. The van der Waals surface area contributed by atoms with Crippen LogP contribution in [0, 0.1) is 0 Å². The first-order valence-corrected chi connectivity index (χ1v) is 5.94. The zero-order chi connectivity index (χ0) is 10.8. The second-order valence-corrected chi connectivity index (χ2v) is 3.72. The van der Waals surface area contributed by atoms with Gasteiger partial charge in [0.15, 0.2) is 0 Å². The monoisotopic (exact) mass is 200 g/mol. The van der Waals surface area contributed by atoms with Gasteiger partial charge in [0, 0.05) is 6.42 Å². The molecule has 0 fully saturated rings. The van der Waals surface area contributed by atoms with E-state index >= 15 is 0 Å². The molecule has 2 nitrogen and oxygen atoms in total. The third kappa shape index (κ3) is 6.93. The van der Waals surface area contributed by atoms with Crippen molar-refractivity contribution in [2.24, 2.45) is 0 Å². The molecule has 0 aliphatic carbocycles. The van der Waals surface area contributed by atoms with E-state index in [1.165, 1.54) is 25.7 Å². The van der Waals surface area contributed by atoms with Gasteiger partial charge in [-0.05, 0) is 19.3 Å². The lowest BCUT2D eigenvalue weighted by atomic mass is 10.1. The molecular weight excluding hydrogens is 176 g/mol. The van der Waals surface area contributed by atoms with Crippen LogP contribution in [0.15, 0.2) is 0 Å². The predicted octanol–water partition coefficient (Wildman–Crippen LogP) is 3.69. The Bertz CT molecular complexity index is 143. The van der Waals surface area contributed by atoms with Gasteiger partial charge < -0.3 is 4.74 Å². The van der Waals surface area contributed by atoms with Crippen LogP contribution in [0.2, 0.25) is 0 Å². The van der Waals surface area contributed by atoms with Crippen molar-refractivity contribution in [3.8, 4) is 0 Å². The minimum absolute atomic E-state index is 0.0626. The quantitative estimate of drug-likeness (QED) is 0.441. The van der Waals surface area contributed by atoms with Crippen molar-refractivity contribution in [1.29, 1.82) is 0 Å². The fourth-order valence-corrected chi connectivity index (χ4v) is 1.41. The Morgan fingerprint density at radius 2 is 1.86 bits per heavy atom. The Balaban J connectivity index is 3.52. The maximum Gasteiger partial charge on any atom is 0.305 e. The molecule has 0 heterocycles. The molecule has 0 aromatic carbocycles. The first-order valence-electron chi connectivity index (χ1n) is 5.94. The van der Waals surface area contributed by atoms with E-state index < -0.39 is 0 Å². The second kappa shape index (κ2) is 9.04. The topological polar surface area (TPSA) is 26.3 Å². The number of carbonyl (C=O) groups excluding carboxylic acids is 1. The third-order valence-corrected chi connectivity index (χ3v) is 2.42. The largest absolute Gasteiger partial charge is 0.462 e. The standard InChI is InChI=1S/C12H24O2/c1-4-7-8-9-10-11(5-2)14-12(13)6-3/h11H,4-10H2,1-3H3. The van der Waals surface area contributed by atoms with Gasteiger partial charge in [-0.3, -0.25) is 4.79 Å². The van der Waals surface area contributed by atoms with E-state index in [1.807, 2.05) is 6.92 Å². The molecule has 84 valence electrons. The van der Waals surface area contributed by atoms with E-state index in [0.717, 1.165) is 12.8 Å². The normalized spacial score (nSPS) is 12.5. The highest BCUT2D eigenvalue weighted by atomic mass is 16.5. The molecule has 0 aliphatic heterocycles. The minimum atomic E-state index is -0.0626. The van der Waals surface area contributed by atoms with Crippen LogP contribution in [0.25, 0.3) is 0 Å². The Kier molecular flexibility index (Phi) is 8.70. The summed E-state index contributed by atoms with van der Waals surface area (Å²) >= 11 is 0. The Labute approximate surface area is 88.0 Å². The van der Waals surface area contributed by atoms with Crippen LogP contribution >= 0.6 is 0 Å². The van der Waals surface area contributed by atoms with Crippen LogP contribution < -0.4 is 0 Å². The van der Waals surface area contributed by atoms with Crippen molar-refractivity contribution in [1.82, 2.24) is 0 Å². The molecule has 0 spiro atoms. The first kappa shape index (κ1) is 13.5. The van der Waals surface area contributed by atoms with E-state index in [4.69, 9.17) is 4.74 Å². The van der Waals surface area contributed by atoms with Gasteiger partial charge in [-0.15, -0.1) is 0 Å². The van der Waals surface area contributed by atoms with Gasteiger partial charge >= 0.3 is 5.97 Å². The van der Waals surface area contributed by atoms with E-state index in [9.17, 15) is 4.79 Å². The van der Waals surface area contributed by atoms with Gasteiger partial charge in [0.2, 0.25) is 0 Å². The highest BCUT2D eigenvalue weighted by molar-refractivity contribution is 5.69. The van der Waals surface area contributed by atoms with Crippen LogP contribution in [0.1, 0.15) is 65.7 Å². The van der Waals surface area contributed by atoms with Gasteiger partial charge in [-0.2, -0.15) is 0 Å². The lowest BCUT2D eigenvalue weighted by Crippen LogP contribution is -2.16. The maximum atomic E-state index is 11.0. The summed E-state index contributed by atoms with van der Waals surface area (Å²) in [7, 11) is 0. The number of esters is 1. The van der Waals surface area contributed by atoms with Crippen molar-refractivity contribution < 1.29 is 9.53 Å². The Morgan fingerprint density at radius 3 is 2.36 bits per heavy atom. The molecule has 0 amide bonds. The smallest absolute Gasteiger partial charge is 0.305 e. The fraction of sp³-hybridized carbons (Fsp3) is 0.917. The van der Waals surface area contributed by atoms with E-state index in [0.29, 0.717) is 6.42 Å². The Morgan fingerprint density at radius 1 is 1.14 bits per heavy atom. The van der Waals surface area contributed by atoms with Crippen molar-refractivity contribution in [2.45, 2.75) is 71.8 Å². The minimum Gasteiger partial charge on any atom is -0.462 e. The highest BCUT2D eigenvalue weighted by Crippen LogP contribution is 2.11. The zero-order valence-electron chi connectivity index (χ0n) is 9.84. The van der Waals surface area contributed by atoms with Gasteiger partial charge in [0.05, 0.1) is 0 Å². The summed E-state index contributed by atoms with van der Waals surface area (Å²) in [6.45, 7) is 6.12. The average molecular weight is 200 g/mol. The molecular formula is C12H24O2. The summed E-state index contributed by atoms with van der Waals surface area (Å²) in [5.41, 5.74) is 0. The van der Waals surface area contributed by atoms with Gasteiger partial charge in [-0.25, -0.2) is 0 Å². The summed E-state index contributed by atoms with van der Waals surface area (Å²) in [6.07, 6.45) is 7.61.